The van der Waals surface area contributed by atoms with Gasteiger partial charge in [0, 0.05) is 16.6 Å². The van der Waals surface area contributed by atoms with E-state index in [1.165, 1.54) is 16.9 Å². The molecule has 100 valence electrons. The molecule has 2 rings (SSSR count). The molecule has 3 nitrogen and oxygen atoms in total. The third kappa shape index (κ3) is 2.96. The number of aryl methyl sites for hydroxylation is 1. The highest BCUT2D eigenvalue weighted by Crippen LogP contribution is 2.34. The summed E-state index contributed by atoms with van der Waals surface area (Å²) in [5.74, 6) is -0.103. The lowest BCUT2D eigenvalue weighted by atomic mass is 10.1. The number of carbonyl (C=O) groups is 1. The lowest BCUT2D eigenvalue weighted by Crippen LogP contribution is -2.23. The van der Waals surface area contributed by atoms with Gasteiger partial charge in [-0.3, -0.25) is 4.79 Å². The number of fused-ring (bicyclic) bond motifs is 1. The van der Waals surface area contributed by atoms with Gasteiger partial charge >= 0.3 is 0 Å². The third-order valence-electron chi connectivity index (χ3n) is 2.86. The Kier molecular flexibility index (Phi) is 3.90. The Morgan fingerprint density at radius 1 is 1.42 bits per heavy atom. The standard InChI is InChI=1S/C15H18N2OS/c1-9(2)6-7-17-15(18)14-13(16)11-8-10(3)4-5-12(11)19-14/h4-6,8H,7,16H2,1-3H3,(H,17,18). The first kappa shape index (κ1) is 13.6. The number of benzene rings is 1. The zero-order valence-electron chi connectivity index (χ0n) is 11.4. The Balaban J connectivity index is 2.27. The quantitative estimate of drug-likeness (QED) is 0.842. The zero-order chi connectivity index (χ0) is 14.0. The van der Waals surface area contributed by atoms with Gasteiger partial charge in [0.25, 0.3) is 5.91 Å². The van der Waals surface area contributed by atoms with Gasteiger partial charge in [0.15, 0.2) is 0 Å². The summed E-state index contributed by atoms with van der Waals surface area (Å²) in [6, 6.07) is 6.07. The van der Waals surface area contributed by atoms with E-state index in [0.717, 1.165) is 15.6 Å². The average Bonchev–Trinajstić information content (AvgIpc) is 2.66. The first-order valence-corrected chi connectivity index (χ1v) is 7.01. The number of carbonyl (C=O) groups excluding carboxylic acids is 1. The summed E-state index contributed by atoms with van der Waals surface area (Å²) in [6.45, 7) is 6.56. The lowest BCUT2D eigenvalue weighted by molar-refractivity contribution is 0.0963. The maximum Gasteiger partial charge on any atom is 0.263 e. The molecule has 1 amide bonds. The first-order chi connectivity index (χ1) is 8.99. The van der Waals surface area contributed by atoms with Crippen LogP contribution in [0.3, 0.4) is 0 Å². The number of hydrogen-bond acceptors (Lipinski definition) is 3. The van der Waals surface area contributed by atoms with Gasteiger partial charge < -0.3 is 11.1 Å². The van der Waals surface area contributed by atoms with Crippen LogP contribution in [0.15, 0.2) is 29.8 Å². The number of rotatable bonds is 3. The second-order valence-corrected chi connectivity index (χ2v) is 5.89. The van der Waals surface area contributed by atoms with E-state index >= 15 is 0 Å². The number of nitrogens with one attached hydrogen (secondary N) is 1. The molecule has 2 aromatic rings. The van der Waals surface area contributed by atoms with Gasteiger partial charge in [0.1, 0.15) is 4.88 Å². The SMILES string of the molecule is CC(C)=CCNC(=O)c1sc2ccc(C)cc2c1N. The maximum absolute atomic E-state index is 12.1. The highest BCUT2D eigenvalue weighted by atomic mass is 32.1. The number of hydrogen-bond donors (Lipinski definition) is 2. The molecule has 0 fully saturated rings. The van der Waals surface area contributed by atoms with Gasteiger partial charge in [-0.2, -0.15) is 0 Å². The van der Waals surface area contributed by atoms with Crippen molar-refractivity contribution < 1.29 is 4.79 Å². The Morgan fingerprint density at radius 2 is 2.16 bits per heavy atom. The second-order valence-electron chi connectivity index (χ2n) is 4.84. The molecular weight excluding hydrogens is 256 g/mol. The number of nitrogen functional groups attached to an aromatic ring is 1. The Hall–Kier alpha value is -1.81. The summed E-state index contributed by atoms with van der Waals surface area (Å²) in [7, 11) is 0. The van der Waals surface area contributed by atoms with Gasteiger partial charge in [-0.25, -0.2) is 0 Å². The van der Waals surface area contributed by atoms with Crippen LogP contribution in [0.25, 0.3) is 10.1 Å². The van der Waals surface area contributed by atoms with E-state index in [4.69, 9.17) is 5.73 Å². The van der Waals surface area contributed by atoms with E-state index in [1.807, 2.05) is 45.0 Å². The van der Waals surface area contributed by atoms with E-state index in [9.17, 15) is 4.79 Å². The molecule has 0 aliphatic carbocycles. The number of anilines is 1. The fourth-order valence-electron chi connectivity index (χ4n) is 1.83. The average molecular weight is 274 g/mol. The monoisotopic (exact) mass is 274 g/mol. The van der Waals surface area contributed by atoms with Gasteiger partial charge in [-0.15, -0.1) is 11.3 Å². The fraction of sp³-hybridized carbons (Fsp3) is 0.267. The topological polar surface area (TPSA) is 55.1 Å². The summed E-state index contributed by atoms with van der Waals surface area (Å²) in [5.41, 5.74) is 8.98. The second kappa shape index (κ2) is 5.45. The van der Waals surface area contributed by atoms with Crippen molar-refractivity contribution in [1.29, 1.82) is 0 Å². The number of allylic oxidation sites excluding steroid dienone is 1. The van der Waals surface area contributed by atoms with E-state index in [-0.39, 0.29) is 5.91 Å². The van der Waals surface area contributed by atoms with Crippen molar-refractivity contribution in [2.24, 2.45) is 0 Å². The minimum atomic E-state index is -0.103. The fourth-order valence-corrected chi connectivity index (χ4v) is 2.85. The van der Waals surface area contributed by atoms with Crippen molar-refractivity contribution in [2.75, 3.05) is 12.3 Å². The molecule has 0 saturated carbocycles. The molecule has 0 radical (unpaired) electrons. The molecule has 0 unspecified atom stereocenters. The van der Waals surface area contributed by atoms with Gasteiger partial charge in [-0.1, -0.05) is 23.3 Å². The van der Waals surface area contributed by atoms with Crippen molar-refractivity contribution in [3.8, 4) is 0 Å². The minimum absolute atomic E-state index is 0.103. The predicted molar refractivity (Wildman–Crippen MR) is 82.7 cm³/mol. The highest BCUT2D eigenvalue weighted by molar-refractivity contribution is 7.21. The molecule has 3 N–H and O–H groups in total. The van der Waals surface area contributed by atoms with Crippen LogP contribution >= 0.6 is 11.3 Å². The summed E-state index contributed by atoms with van der Waals surface area (Å²) >= 11 is 1.44. The van der Waals surface area contributed by atoms with Crippen LogP contribution in [0.1, 0.15) is 29.1 Å². The van der Waals surface area contributed by atoms with Gasteiger partial charge in [0.05, 0.1) is 5.69 Å². The minimum Gasteiger partial charge on any atom is -0.397 e. The molecule has 1 aromatic carbocycles. The molecule has 0 bridgehead atoms. The van der Waals surface area contributed by atoms with Crippen LogP contribution < -0.4 is 11.1 Å². The van der Waals surface area contributed by atoms with Crippen LogP contribution in [0.2, 0.25) is 0 Å². The molecule has 0 spiro atoms. The van der Waals surface area contributed by atoms with Crippen molar-refractivity contribution in [2.45, 2.75) is 20.8 Å². The van der Waals surface area contributed by atoms with E-state index < -0.39 is 0 Å². The number of nitrogens with two attached hydrogens (primary N) is 1. The van der Waals surface area contributed by atoms with Crippen LogP contribution in [-0.4, -0.2) is 12.5 Å². The predicted octanol–water partition coefficient (Wildman–Crippen LogP) is 3.49. The van der Waals surface area contributed by atoms with Crippen molar-refractivity contribution in [1.82, 2.24) is 5.32 Å². The van der Waals surface area contributed by atoms with Crippen LogP contribution in [0.5, 0.6) is 0 Å². The van der Waals surface area contributed by atoms with Gasteiger partial charge in [-0.05, 0) is 32.9 Å². The largest absolute Gasteiger partial charge is 0.397 e. The number of amides is 1. The lowest BCUT2D eigenvalue weighted by Gasteiger charge is -2.01. The van der Waals surface area contributed by atoms with E-state index in [1.54, 1.807) is 0 Å². The van der Waals surface area contributed by atoms with Gasteiger partial charge in [0.2, 0.25) is 0 Å². The summed E-state index contributed by atoms with van der Waals surface area (Å²) < 4.78 is 1.05. The molecule has 19 heavy (non-hydrogen) atoms. The molecule has 1 aromatic heterocycles. The summed E-state index contributed by atoms with van der Waals surface area (Å²) in [4.78, 5) is 12.7. The summed E-state index contributed by atoms with van der Waals surface area (Å²) in [5, 5.41) is 3.83. The van der Waals surface area contributed by atoms with Crippen molar-refractivity contribution in [3.63, 3.8) is 0 Å². The van der Waals surface area contributed by atoms with Crippen LogP contribution in [0.4, 0.5) is 5.69 Å². The summed E-state index contributed by atoms with van der Waals surface area (Å²) in [6.07, 6.45) is 1.98. The Morgan fingerprint density at radius 3 is 2.84 bits per heavy atom. The Bertz CT molecular complexity index is 651. The smallest absolute Gasteiger partial charge is 0.263 e. The molecule has 0 aliphatic heterocycles. The van der Waals surface area contributed by atoms with Crippen LogP contribution in [0, 0.1) is 6.92 Å². The molecule has 0 saturated heterocycles. The van der Waals surface area contributed by atoms with Crippen LogP contribution in [-0.2, 0) is 0 Å². The van der Waals surface area contributed by atoms with E-state index in [0.29, 0.717) is 17.1 Å². The molecular formula is C15H18N2OS. The molecule has 0 atom stereocenters. The van der Waals surface area contributed by atoms with Crippen molar-refractivity contribution >= 4 is 33.0 Å². The third-order valence-corrected chi connectivity index (χ3v) is 4.05. The molecule has 0 aliphatic rings. The number of thiophene rings is 1. The highest BCUT2D eigenvalue weighted by Gasteiger charge is 2.15. The van der Waals surface area contributed by atoms with Crippen molar-refractivity contribution in [3.05, 3.63) is 40.3 Å². The molecule has 4 heteroatoms. The van der Waals surface area contributed by atoms with E-state index in [2.05, 4.69) is 5.32 Å². The first-order valence-electron chi connectivity index (χ1n) is 6.19. The normalized spacial score (nSPS) is 10.5. The zero-order valence-corrected chi connectivity index (χ0v) is 12.2. The Labute approximate surface area is 117 Å². The molecule has 1 heterocycles. The maximum atomic E-state index is 12.1.